The number of nitrogen functional groups attached to an aromatic ring is 2. The Morgan fingerprint density at radius 1 is 0.789 bits per heavy atom. The van der Waals surface area contributed by atoms with Crippen molar-refractivity contribution >= 4 is 29.8 Å². The van der Waals surface area contributed by atoms with Crippen LogP contribution in [0.15, 0.2) is 48.5 Å². The summed E-state index contributed by atoms with van der Waals surface area (Å²) in [5.74, 6) is 0. The lowest BCUT2D eigenvalue weighted by molar-refractivity contribution is 1.29. The lowest BCUT2D eigenvalue weighted by Gasteiger charge is -2.31. The van der Waals surface area contributed by atoms with Crippen LogP contribution < -0.4 is 21.8 Å². The lowest BCUT2D eigenvalue weighted by atomic mass is 10.3. The van der Waals surface area contributed by atoms with Crippen LogP contribution in [0.3, 0.4) is 0 Å². The maximum Gasteiger partial charge on any atom is 0.117 e. The van der Waals surface area contributed by atoms with E-state index in [1.54, 1.807) is 0 Å². The minimum atomic E-state index is -1.72. The maximum absolute atomic E-state index is 5.97. The largest absolute Gasteiger partial charge is 0.399 e. The van der Waals surface area contributed by atoms with Gasteiger partial charge in [0, 0.05) is 11.4 Å². The Hall–Kier alpha value is -1.74. The molecule has 0 saturated carbocycles. The molecule has 0 aliphatic heterocycles. The minimum Gasteiger partial charge on any atom is -0.399 e. The fraction of sp³-hybridized carbons (Fsp3) is 0.250. The number of rotatable bonds is 4. The van der Waals surface area contributed by atoms with Crippen LogP contribution in [0.5, 0.6) is 0 Å². The Balaban J connectivity index is 2.60. The molecule has 100 valence electrons. The zero-order valence-corrected chi connectivity index (χ0v) is 12.7. The van der Waals surface area contributed by atoms with Gasteiger partial charge in [0.15, 0.2) is 0 Å². The number of nitrogens with two attached hydrogens (primary N) is 2. The molecule has 3 heteroatoms. The highest BCUT2D eigenvalue weighted by Crippen LogP contribution is 2.18. The van der Waals surface area contributed by atoms with Gasteiger partial charge in [-0.1, -0.05) is 60.6 Å². The fourth-order valence-electron chi connectivity index (χ4n) is 2.91. The molecule has 0 bridgehead atoms. The third kappa shape index (κ3) is 2.51. The van der Waals surface area contributed by atoms with Gasteiger partial charge in [-0.15, -0.1) is 0 Å². The summed E-state index contributed by atoms with van der Waals surface area (Å²) in [6.07, 6.45) is 0. The Labute approximate surface area is 116 Å². The van der Waals surface area contributed by atoms with E-state index in [1.807, 2.05) is 12.1 Å². The van der Waals surface area contributed by atoms with Crippen LogP contribution in [-0.4, -0.2) is 8.07 Å². The highest BCUT2D eigenvalue weighted by Gasteiger charge is 2.33. The van der Waals surface area contributed by atoms with E-state index in [9.17, 15) is 0 Å². The molecule has 2 aromatic rings. The van der Waals surface area contributed by atoms with E-state index in [0.717, 1.165) is 23.5 Å². The molecule has 0 heterocycles. The zero-order valence-electron chi connectivity index (χ0n) is 11.7. The maximum atomic E-state index is 5.97. The summed E-state index contributed by atoms with van der Waals surface area (Å²) in [7, 11) is -1.72. The van der Waals surface area contributed by atoms with Crippen LogP contribution in [0.25, 0.3) is 0 Å². The molecule has 0 unspecified atom stereocenters. The van der Waals surface area contributed by atoms with Crippen molar-refractivity contribution in [1.82, 2.24) is 0 Å². The quantitative estimate of drug-likeness (QED) is 0.662. The number of benzene rings is 2. The van der Waals surface area contributed by atoms with Gasteiger partial charge in [0.25, 0.3) is 0 Å². The molecule has 2 rings (SSSR count). The van der Waals surface area contributed by atoms with E-state index in [0.29, 0.717) is 0 Å². The van der Waals surface area contributed by atoms with Gasteiger partial charge in [0.2, 0.25) is 0 Å². The smallest absolute Gasteiger partial charge is 0.117 e. The van der Waals surface area contributed by atoms with Gasteiger partial charge in [-0.2, -0.15) is 0 Å². The molecule has 0 radical (unpaired) electrons. The molecule has 0 saturated heterocycles. The average molecular weight is 270 g/mol. The fourth-order valence-corrected chi connectivity index (χ4v) is 7.09. The van der Waals surface area contributed by atoms with Gasteiger partial charge in [-0.3, -0.25) is 0 Å². The van der Waals surface area contributed by atoms with Gasteiger partial charge in [0.1, 0.15) is 8.07 Å². The Morgan fingerprint density at radius 3 is 1.53 bits per heavy atom. The van der Waals surface area contributed by atoms with Crippen molar-refractivity contribution in [2.24, 2.45) is 0 Å². The third-order valence-corrected chi connectivity index (χ3v) is 9.33. The second-order valence-corrected chi connectivity index (χ2v) is 9.77. The predicted octanol–water partition coefficient (Wildman–Crippen LogP) is 2.45. The van der Waals surface area contributed by atoms with Gasteiger partial charge >= 0.3 is 0 Å². The van der Waals surface area contributed by atoms with E-state index in [2.05, 4.69) is 50.2 Å². The standard InChI is InChI=1S/C16H22N2Si/c1-3-19(4-2,15-9-5-7-13(17)11-15)16-10-6-8-14(18)12-16/h5-12H,3-4,17-18H2,1-2H3. The number of anilines is 2. The summed E-state index contributed by atoms with van der Waals surface area (Å²) in [5, 5.41) is 2.81. The molecule has 19 heavy (non-hydrogen) atoms. The van der Waals surface area contributed by atoms with E-state index in [4.69, 9.17) is 11.5 Å². The van der Waals surface area contributed by atoms with Gasteiger partial charge in [-0.05, 0) is 24.3 Å². The van der Waals surface area contributed by atoms with Gasteiger partial charge in [-0.25, -0.2) is 0 Å². The first-order valence-corrected chi connectivity index (χ1v) is 9.26. The van der Waals surface area contributed by atoms with Crippen molar-refractivity contribution in [2.75, 3.05) is 11.5 Å². The molecule has 0 atom stereocenters. The van der Waals surface area contributed by atoms with Crippen molar-refractivity contribution in [2.45, 2.75) is 25.9 Å². The average Bonchev–Trinajstić information content (AvgIpc) is 2.41. The molecule has 2 nitrogen and oxygen atoms in total. The highest BCUT2D eigenvalue weighted by atomic mass is 28.3. The summed E-state index contributed by atoms with van der Waals surface area (Å²) >= 11 is 0. The molecular weight excluding hydrogens is 248 g/mol. The van der Waals surface area contributed by atoms with Crippen LogP contribution in [0.4, 0.5) is 11.4 Å². The second-order valence-electron chi connectivity index (χ2n) is 5.04. The zero-order chi connectivity index (χ0) is 13.9. The lowest BCUT2D eigenvalue weighted by Crippen LogP contribution is -2.57. The third-order valence-electron chi connectivity index (χ3n) is 4.09. The molecule has 0 aliphatic rings. The number of hydrogen-bond donors (Lipinski definition) is 2. The van der Waals surface area contributed by atoms with Crippen LogP contribution in [0.2, 0.25) is 12.1 Å². The second kappa shape index (κ2) is 5.49. The van der Waals surface area contributed by atoms with Gasteiger partial charge in [0.05, 0.1) is 0 Å². The molecule has 0 amide bonds. The topological polar surface area (TPSA) is 52.0 Å². The van der Waals surface area contributed by atoms with Crippen molar-refractivity contribution in [3.05, 3.63) is 48.5 Å². The first kappa shape index (κ1) is 13.7. The Bertz CT molecular complexity index is 515. The summed E-state index contributed by atoms with van der Waals surface area (Å²) in [4.78, 5) is 0. The van der Waals surface area contributed by atoms with Crippen LogP contribution in [0, 0.1) is 0 Å². The highest BCUT2D eigenvalue weighted by molar-refractivity contribution is 7.02. The van der Waals surface area contributed by atoms with Crippen LogP contribution in [-0.2, 0) is 0 Å². The first-order chi connectivity index (χ1) is 9.12. The molecule has 0 aromatic heterocycles. The van der Waals surface area contributed by atoms with E-state index in [-0.39, 0.29) is 0 Å². The summed E-state index contributed by atoms with van der Waals surface area (Å²) in [6, 6.07) is 19.1. The minimum absolute atomic E-state index is 0.847. The van der Waals surface area contributed by atoms with E-state index < -0.39 is 8.07 Å². The summed E-state index contributed by atoms with van der Waals surface area (Å²) < 4.78 is 0. The Kier molecular flexibility index (Phi) is 3.95. The van der Waals surface area contributed by atoms with Crippen molar-refractivity contribution in [1.29, 1.82) is 0 Å². The van der Waals surface area contributed by atoms with Crippen LogP contribution >= 0.6 is 0 Å². The summed E-state index contributed by atoms with van der Waals surface area (Å²) in [5.41, 5.74) is 13.6. The normalized spacial score (nSPS) is 11.5. The van der Waals surface area contributed by atoms with Crippen molar-refractivity contribution in [3.8, 4) is 0 Å². The van der Waals surface area contributed by atoms with Gasteiger partial charge < -0.3 is 11.5 Å². The van der Waals surface area contributed by atoms with Crippen molar-refractivity contribution < 1.29 is 0 Å². The van der Waals surface area contributed by atoms with E-state index >= 15 is 0 Å². The molecular formula is C16H22N2Si. The first-order valence-electron chi connectivity index (χ1n) is 6.84. The summed E-state index contributed by atoms with van der Waals surface area (Å²) in [6.45, 7) is 4.56. The number of hydrogen-bond acceptors (Lipinski definition) is 2. The molecule has 0 spiro atoms. The van der Waals surface area contributed by atoms with E-state index in [1.165, 1.54) is 10.4 Å². The molecule has 0 aliphatic carbocycles. The van der Waals surface area contributed by atoms with Crippen LogP contribution in [0.1, 0.15) is 13.8 Å². The molecule has 4 N–H and O–H groups in total. The molecule has 2 aromatic carbocycles. The Morgan fingerprint density at radius 2 is 1.21 bits per heavy atom. The van der Waals surface area contributed by atoms with Crippen molar-refractivity contribution in [3.63, 3.8) is 0 Å². The predicted molar refractivity (Wildman–Crippen MR) is 87.7 cm³/mol. The molecule has 0 fully saturated rings. The SMILES string of the molecule is CC[Si](CC)(c1cccc(N)c1)c1cccc(N)c1. The monoisotopic (exact) mass is 270 g/mol.